The second-order valence-electron chi connectivity index (χ2n) is 4.44. The van der Waals surface area contributed by atoms with Gasteiger partial charge in [-0.15, -0.1) is 0 Å². The average Bonchev–Trinajstić information content (AvgIpc) is 2.78. The number of aliphatic hydroxyl groups excluding tert-OH is 1. The van der Waals surface area contributed by atoms with Gasteiger partial charge in [0.25, 0.3) is 0 Å². The molecule has 1 aromatic rings. The van der Waals surface area contributed by atoms with E-state index in [1.54, 1.807) is 0 Å². The van der Waals surface area contributed by atoms with Crippen LogP contribution in [0.25, 0.3) is 0 Å². The second-order valence-corrected chi connectivity index (χ2v) is 5.36. The fourth-order valence-corrected chi connectivity index (χ4v) is 2.72. The molecule has 1 aliphatic heterocycles. The van der Waals surface area contributed by atoms with E-state index in [-0.39, 0.29) is 12.5 Å². The van der Waals surface area contributed by atoms with Gasteiger partial charge in [0, 0.05) is 16.9 Å². The maximum absolute atomic E-state index is 9.49. The molecule has 1 unspecified atom stereocenters. The van der Waals surface area contributed by atoms with Crippen LogP contribution in [0.4, 0.5) is 0 Å². The Bertz CT molecular complexity index is 336. The lowest BCUT2D eigenvalue weighted by Gasteiger charge is -2.22. The molecule has 0 amide bonds. The van der Waals surface area contributed by atoms with Gasteiger partial charge in [-0.2, -0.15) is 0 Å². The summed E-state index contributed by atoms with van der Waals surface area (Å²) in [5.41, 5.74) is 1.23. The largest absolute Gasteiger partial charge is 0.396 e. The fourth-order valence-electron chi connectivity index (χ4n) is 2.31. The molecule has 16 heavy (non-hydrogen) atoms. The predicted octanol–water partition coefficient (Wildman–Crippen LogP) is 2.62. The van der Waals surface area contributed by atoms with Crippen molar-refractivity contribution in [3.8, 4) is 0 Å². The van der Waals surface area contributed by atoms with Crippen molar-refractivity contribution in [1.29, 1.82) is 0 Å². The van der Waals surface area contributed by atoms with Gasteiger partial charge in [0.1, 0.15) is 0 Å². The van der Waals surface area contributed by atoms with Gasteiger partial charge >= 0.3 is 0 Å². The Labute approximate surface area is 105 Å². The molecule has 0 spiro atoms. The SMILES string of the molecule is OCC(CN1CCCC1)c1cccc(Br)c1. The summed E-state index contributed by atoms with van der Waals surface area (Å²) in [6.07, 6.45) is 2.60. The third-order valence-electron chi connectivity index (χ3n) is 3.22. The average molecular weight is 284 g/mol. The first-order valence-corrected chi connectivity index (χ1v) is 6.67. The van der Waals surface area contributed by atoms with E-state index in [1.165, 1.54) is 31.5 Å². The van der Waals surface area contributed by atoms with E-state index < -0.39 is 0 Å². The van der Waals surface area contributed by atoms with E-state index in [4.69, 9.17) is 0 Å². The lowest BCUT2D eigenvalue weighted by molar-refractivity contribution is 0.220. The molecule has 2 nitrogen and oxygen atoms in total. The maximum atomic E-state index is 9.49. The van der Waals surface area contributed by atoms with Gasteiger partial charge in [-0.1, -0.05) is 28.1 Å². The zero-order valence-electron chi connectivity index (χ0n) is 9.40. The molecule has 1 aliphatic rings. The second kappa shape index (κ2) is 5.80. The molecule has 3 heteroatoms. The number of nitrogens with zero attached hydrogens (tertiary/aromatic N) is 1. The van der Waals surface area contributed by atoms with E-state index in [1.807, 2.05) is 12.1 Å². The first kappa shape index (κ1) is 12.1. The third-order valence-corrected chi connectivity index (χ3v) is 3.71. The van der Waals surface area contributed by atoms with E-state index in [9.17, 15) is 5.11 Å². The van der Waals surface area contributed by atoms with Crippen LogP contribution in [0.3, 0.4) is 0 Å². The molecular weight excluding hydrogens is 266 g/mol. The minimum Gasteiger partial charge on any atom is -0.396 e. The highest BCUT2D eigenvalue weighted by Crippen LogP contribution is 2.22. The third kappa shape index (κ3) is 3.06. The van der Waals surface area contributed by atoms with E-state index in [2.05, 4.69) is 33.0 Å². The number of likely N-dealkylation sites (tertiary alicyclic amines) is 1. The summed E-state index contributed by atoms with van der Waals surface area (Å²) >= 11 is 3.48. The van der Waals surface area contributed by atoms with Gasteiger partial charge in [0.05, 0.1) is 6.61 Å². The molecule has 0 aromatic heterocycles. The zero-order valence-corrected chi connectivity index (χ0v) is 11.0. The summed E-state index contributed by atoms with van der Waals surface area (Å²) in [6, 6.07) is 8.26. The Balaban J connectivity index is 2.03. The maximum Gasteiger partial charge on any atom is 0.0512 e. The van der Waals surface area contributed by atoms with E-state index in [0.29, 0.717) is 0 Å². The first-order chi connectivity index (χ1) is 7.79. The molecule has 1 fully saturated rings. The normalized spacial score (nSPS) is 18.9. The Morgan fingerprint density at radius 2 is 2.06 bits per heavy atom. The molecule has 1 aromatic carbocycles. The van der Waals surface area contributed by atoms with Crippen LogP contribution >= 0.6 is 15.9 Å². The summed E-state index contributed by atoms with van der Waals surface area (Å²) in [4.78, 5) is 2.45. The number of halogens is 1. The molecule has 1 saturated heterocycles. The monoisotopic (exact) mass is 283 g/mol. The van der Waals surface area contributed by atoms with Crippen molar-refractivity contribution in [3.63, 3.8) is 0 Å². The van der Waals surface area contributed by atoms with Crippen LogP contribution < -0.4 is 0 Å². The van der Waals surface area contributed by atoms with Gasteiger partial charge in [-0.3, -0.25) is 0 Å². The van der Waals surface area contributed by atoms with Crippen molar-refractivity contribution in [2.24, 2.45) is 0 Å². The van der Waals surface area contributed by atoms with Gasteiger partial charge in [-0.25, -0.2) is 0 Å². The highest BCUT2D eigenvalue weighted by Gasteiger charge is 2.18. The summed E-state index contributed by atoms with van der Waals surface area (Å²) in [5.74, 6) is 0.246. The molecule has 1 atom stereocenters. The summed E-state index contributed by atoms with van der Waals surface area (Å²) in [5, 5.41) is 9.49. The van der Waals surface area contributed by atoms with Crippen molar-refractivity contribution in [2.45, 2.75) is 18.8 Å². The van der Waals surface area contributed by atoms with Gasteiger partial charge in [0.15, 0.2) is 0 Å². The molecular formula is C13H18BrNO. The van der Waals surface area contributed by atoms with Crippen LogP contribution in [-0.2, 0) is 0 Å². The Hall–Kier alpha value is -0.380. The van der Waals surface area contributed by atoms with Crippen molar-refractivity contribution in [1.82, 2.24) is 4.90 Å². The molecule has 1 heterocycles. The minimum atomic E-state index is 0.229. The standard InChI is InChI=1S/C13H18BrNO/c14-13-5-3-4-11(8-13)12(10-16)9-15-6-1-2-7-15/h3-5,8,12,16H,1-2,6-7,9-10H2. The van der Waals surface area contributed by atoms with Crippen LogP contribution in [-0.4, -0.2) is 36.2 Å². The zero-order chi connectivity index (χ0) is 11.4. The molecule has 88 valence electrons. The number of hydrogen-bond acceptors (Lipinski definition) is 2. The Kier molecular flexibility index (Phi) is 4.38. The lowest BCUT2D eigenvalue weighted by Crippen LogP contribution is -2.27. The quantitative estimate of drug-likeness (QED) is 0.918. The Morgan fingerprint density at radius 3 is 2.69 bits per heavy atom. The highest BCUT2D eigenvalue weighted by atomic mass is 79.9. The number of hydrogen-bond donors (Lipinski definition) is 1. The molecule has 2 rings (SSSR count). The topological polar surface area (TPSA) is 23.5 Å². The van der Waals surface area contributed by atoms with E-state index >= 15 is 0 Å². The number of aliphatic hydroxyl groups is 1. The van der Waals surface area contributed by atoms with Crippen molar-refractivity contribution in [2.75, 3.05) is 26.2 Å². The van der Waals surface area contributed by atoms with Crippen LogP contribution in [0.5, 0.6) is 0 Å². The molecule has 1 N–H and O–H groups in total. The lowest BCUT2D eigenvalue weighted by atomic mass is 9.99. The molecule has 0 bridgehead atoms. The van der Waals surface area contributed by atoms with Crippen molar-refractivity contribution in [3.05, 3.63) is 34.3 Å². The summed E-state index contributed by atoms with van der Waals surface area (Å²) < 4.78 is 1.09. The van der Waals surface area contributed by atoms with Crippen LogP contribution in [0.2, 0.25) is 0 Å². The van der Waals surface area contributed by atoms with Crippen molar-refractivity contribution < 1.29 is 5.11 Å². The number of rotatable bonds is 4. The Morgan fingerprint density at radius 1 is 1.31 bits per heavy atom. The predicted molar refractivity (Wildman–Crippen MR) is 69.6 cm³/mol. The van der Waals surface area contributed by atoms with Crippen LogP contribution in [0.1, 0.15) is 24.3 Å². The summed E-state index contributed by atoms with van der Waals surface area (Å²) in [7, 11) is 0. The molecule has 0 aliphatic carbocycles. The van der Waals surface area contributed by atoms with E-state index in [0.717, 1.165) is 11.0 Å². The van der Waals surface area contributed by atoms with Gasteiger partial charge in [0.2, 0.25) is 0 Å². The summed E-state index contributed by atoms with van der Waals surface area (Å²) in [6.45, 7) is 3.58. The fraction of sp³-hybridized carbons (Fsp3) is 0.538. The van der Waals surface area contributed by atoms with Crippen LogP contribution in [0.15, 0.2) is 28.7 Å². The highest BCUT2D eigenvalue weighted by molar-refractivity contribution is 9.10. The number of benzene rings is 1. The smallest absolute Gasteiger partial charge is 0.0512 e. The minimum absolute atomic E-state index is 0.229. The van der Waals surface area contributed by atoms with Gasteiger partial charge in [-0.05, 0) is 43.6 Å². The van der Waals surface area contributed by atoms with Crippen molar-refractivity contribution >= 4 is 15.9 Å². The van der Waals surface area contributed by atoms with Crippen LogP contribution in [0, 0.1) is 0 Å². The molecule has 0 radical (unpaired) electrons. The molecule has 0 saturated carbocycles. The first-order valence-electron chi connectivity index (χ1n) is 5.88. The van der Waals surface area contributed by atoms with Gasteiger partial charge < -0.3 is 10.0 Å².